The predicted octanol–water partition coefficient (Wildman–Crippen LogP) is 3.11. The zero-order valence-corrected chi connectivity index (χ0v) is 12.4. The summed E-state index contributed by atoms with van der Waals surface area (Å²) in [6.07, 6.45) is 0. The van der Waals surface area contributed by atoms with Crippen molar-refractivity contribution < 1.29 is 13.6 Å². The molecule has 3 nitrogen and oxygen atoms in total. The first-order chi connectivity index (χ1) is 9.28. The Bertz CT molecular complexity index is 542. The number of carbonyl (C=O) groups is 1. The Balaban J connectivity index is 2.60. The van der Waals surface area contributed by atoms with Gasteiger partial charge in [-0.15, -0.1) is 11.8 Å². The average Bonchev–Trinajstić information content (AvgIpc) is 2.39. The largest absolute Gasteiger partial charge is 0.337 e. The van der Waals surface area contributed by atoms with Crippen molar-refractivity contribution in [1.82, 2.24) is 5.32 Å². The topological polar surface area (TPSA) is 52.9 Å². The maximum Gasteiger partial charge on any atom is 0.231 e. The lowest BCUT2D eigenvalue weighted by Crippen LogP contribution is -2.49. The van der Waals surface area contributed by atoms with Gasteiger partial charge < -0.3 is 5.32 Å². The molecule has 0 aromatic heterocycles. The number of hydrogen-bond acceptors (Lipinski definition) is 3. The normalized spacial score (nSPS) is 13.7. The zero-order chi connectivity index (χ0) is 15.3. The summed E-state index contributed by atoms with van der Waals surface area (Å²) in [7, 11) is 0. The summed E-state index contributed by atoms with van der Waals surface area (Å²) in [5.41, 5.74) is -0.939. The second kappa shape index (κ2) is 6.71. The standard InChI is InChI=1S/C14H16F2N2OS/c1-9(2)14(3,8-17)18-13(19)7-20-10-4-5-11(15)12(16)6-10/h4-6,9H,7H2,1-3H3,(H,18,19)/t14-/m0/s1. The number of thioether (sulfide) groups is 1. The third-order valence-electron chi connectivity index (χ3n) is 3.05. The third-order valence-corrected chi connectivity index (χ3v) is 4.04. The van der Waals surface area contributed by atoms with Crippen LogP contribution in [0.3, 0.4) is 0 Å². The van der Waals surface area contributed by atoms with Gasteiger partial charge in [-0.05, 0) is 31.0 Å². The molecule has 0 aliphatic heterocycles. The molecule has 0 spiro atoms. The van der Waals surface area contributed by atoms with Crippen molar-refractivity contribution in [1.29, 1.82) is 5.26 Å². The van der Waals surface area contributed by atoms with Gasteiger partial charge in [0.25, 0.3) is 0 Å². The Morgan fingerprint density at radius 2 is 2.10 bits per heavy atom. The minimum atomic E-state index is -0.945. The predicted molar refractivity (Wildman–Crippen MR) is 74.1 cm³/mol. The number of halogens is 2. The second-order valence-corrected chi connectivity index (χ2v) is 5.93. The molecule has 0 unspecified atom stereocenters. The first-order valence-electron chi connectivity index (χ1n) is 6.08. The van der Waals surface area contributed by atoms with Crippen LogP contribution in [0, 0.1) is 28.9 Å². The fourth-order valence-electron chi connectivity index (χ4n) is 1.34. The minimum Gasteiger partial charge on any atom is -0.337 e. The van der Waals surface area contributed by atoms with Crippen LogP contribution in [0.25, 0.3) is 0 Å². The van der Waals surface area contributed by atoms with Gasteiger partial charge in [0.1, 0.15) is 5.54 Å². The monoisotopic (exact) mass is 298 g/mol. The van der Waals surface area contributed by atoms with Crippen LogP contribution in [-0.4, -0.2) is 17.2 Å². The van der Waals surface area contributed by atoms with Crippen LogP contribution in [0.2, 0.25) is 0 Å². The number of benzene rings is 1. The van der Waals surface area contributed by atoms with E-state index in [0.29, 0.717) is 4.90 Å². The molecule has 0 fully saturated rings. The van der Waals surface area contributed by atoms with Crippen molar-refractivity contribution >= 4 is 17.7 Å². The number of nitrogens with one attached hydrogen (secondary N) is 1. The summed E-state index contributed by atoms with van der Waals surface area (Å²) >= 11 is 1.09. The van der Waals surface area contributed by atoms with E-state index in [-0.39, 0.29) is 17.6 Å². The number of hydrogen-bond donors (Lipinski definition) is 1. The van der Waals surface area contributed by atoms with E-state index in [0.717, 1.165) is 23.9 Å². The van der Waals surface area contributed by atoms with Gasteiger partial charge in [0, 0.05) is 4.90 Å². The van der Waals surface area contributed by atoms with Crippen LogP contribution in [0.5, 0.6) is 0 Å². The van der Waals surface area contributed by atoms with Crippen molar-refractivity contribution in [3.63, 3.8) is 0 Å². The molecular formula is C14H16F2N2OS. The maximum absolute atomic E-state index is 13.0. The molecule has 0 bridgehead atoms. The number of amides is 1. The molecule has 1 aromatic carbocycles. The molecule has 0 saturated heterocycles. The van der Waals surface area contributed by atoms with Gasteiger partial charge in [-0.3, -0.25) is 4.79 Å². The van der Waals surface area contributed by atoms with Gasteiger partial charge >= 0.3 is 0 Å². The molecule has 1 aromatic rings. The number of nitriles is 1. The fourth-order valence-corrected chi connectivity index (χ4v) is 2.06. The van der Waals surface area contributed by atoms with Crippen molar-refractivity contribution in [3.05, 3.63) is 29.8 Å². The average molecular weight is 298 g/mol. The highest BCUT2D eigenvalue weighted by Crippen LogP contribution is 2.21. The molecule has 0 saturated carbocycles. The van der Waals surface area contributed by atoms with E-state index >= 15 is 0 Å². The van der Waals surface area contributed by atoms with Gasteiger partial charge in [-0.2, -0.15) is 5.26 Å². The first kappa shape index (κ1) is 16.4. The van der Waals surface area contributed by atoms with Gasteiger partial charge in [-0.1, -0.05) is 13.8 Å². The van der Waals surface area contributed by atoms with Crippen LogP contribution in [0.15, 0.2) is 23.1 Å². The molecule has 1 atom stereocenters. The summed E-state index contributed by atoms with van der Waals surface area (Å²) in [5, 5.41) is 11.7. The molecular weight excluding hydrogens is 282 g/mol. The molecule has 6 heteroatoms. The summed E-state index contributed by atoms with van der Waals surface area (Å²) in [6, 6.07) is 5.54. The smallest absolute Gasteiger partial charge is 0.231 e. The Morgan fingerprint density at radius 3 is 2.60 bits per heavy atom. The Hall–Kier alpha value is -1.61. The molecule has 20 heavy (non-hydrogen) atoms. The van der Waals surface area contributed by atoms with E-state index in [1.54, 1.807) is 6.92 Å². The molecule has 0 aliphatic carbocycles. The first-order valence-corrected chi connectivity index (χ1v) is 7.07. The molecule has 0 heterocycles. The van der Waals surface area contributed by atoms with E-state index < -0.39 is 17.2 Å². The van der Waals surface area contributed by atoms with Gasteiger partial charge in [0.15, 0.2) is 11.6 Å². The molecule has 0 radical (unpaired) electrons. The van der Waals surface area contributed by atoms with E-state index in [2.05, 4.69) is 11.4 Å². The van der Waals surface area contributed by atoms with Crippen LogP contribution in [-0.2, 0) is 4.79 Å². The molecule has 1 rings (SSSR count). The lowest BCUT2D eigenvalue weighted by atomic mass is 9.90. The van der Waals surface area contributed by atoms with Gasteiger partial charge in [0.2, 0.25) is 5.91 Å². The highest BCUT2D eigenvalue weighted by molar-refractivity contribution is 8.00. The Morgan fingerprint density at radius 1 is 1.45 bits per heavy atom. The minimum absolute atomic E-state index is 0.0368. The van der Waals surface area contributed by atoms with Crippen molar-refractivity contribution in [2.45, 2.75) is 31.2 Å². The van der Waals surface area contributed by atoms with E-state index in [1.807, 2.05) is 13.8 Å². The lowest BCUT2D eigenvalue weighted by molar-refractivity contribution is -0.120. The van der Waals surface area contributed by atoms with Gasteiger partial charge in [-0.25, -0.2) is 8.78 Å². The van der Waals surface area contributed by atoms with Crippen molar-refractivity contribution in [3.8, 4) is 6.07 Å². The maximum atomic E-state index is 13.0. The van der Waals surface area contributed by atoms with Crippen LogP contribution in [0.1, 0.15) is 20.8 Å². The second-order valence-electron chi connectivity index (χ2n) is 4.88. The lowest BCUT2D eigenvalue weighted by Gasteiger charge is -2.27. The van der Waals surface area contributed by atoms with E-state index in [9.17, 15) is 13.6 Å². The van der Waals surface area contributed by atoms with E-state index in [4.69, 9.17) is 5.26 Å². The summed E-state index contributed by atoms with van der Waals surface area (Å²) in [6.45, 7) is 5.33. The Kier molecular flexibility index (Phi) is 5.52. The SMILES string of the molecule is CC(C)[C@](C)(C#N)NC(=O)CSc1ccc(F)c(F)c1. The Labute approximate surface area is 121 Å². The fraction of sp³-hybridized carbons (Fsp3) is 0.429. The molecule has 1 N–H and O–H groups in total. The zero-order valence-electron chi connectivity index (χ0n) is 11.5. The molecule has 108 valence electrons. The van der Waals surface area contributed by atoms with E-state index in [1.165, 1.54) is 6.07 Å². The summed E-state index contributed by atoms with van der Waals surface area (Å²) < 4.78 is 25.8. The highest BCUT2D eigenvalue weighted by Gasteiger charge is 2.29. The summed E-state index contributed by atoms with van der Waals surface area (Å²) in [4.78, 5) is 12.3. The molecule has 1 amide bonds. The highest BCUT2D eigenvalue weighted by atomic mass is 32.2. The quantitative estimate of drug-likeness (QED) is 0.850. The third kappa shape index (κ3) is 4.20. The van der Waals surface area contributed by atoms with Crippen LogP contribution >= 0.6 is 11.8 Å². The molecule has 0 aliphatic rings. The number of rotatable bonds is 5. The van der Waals surface area contributed by atoms with Crippen molar-refractivity contribution in [2.75, 3.05) is 5.75 Å². The summed E-state index contributed by atoms with van der Waals surface area (Å²) in [5.74, 6) is -2.19. The number of nitrogens with zero attached hydrogens (tertiary/aromatic N) is 1. The van der Waals surface area contributed by atoms with Gasteiger partial charge in [0.05, 0.1) is 11.8 Å². The van der Waals surface area contributed by atoms with Crippen molar-refractivity contribution in [2.24, 2.45) is 5.92 Å². The number of carbonyl (C=O) groups excluding carboxylic acids is 1. The van der Waals surface area contributed by atoms with Crippen LogP contribution < -0.4 is 5.32 Å². The van der Waals surface area contributed by atoms with Crippen LogP contribution in [0.4, 0.5) is 8.78 Å².